The van der Waals surface area contributed by atoms with Gasteiger partial charge in [-0.3, -0.25) is 14.5 Å². The van der Waals surface area contributed by atoms with E-state index in [1.807, 2.05) is 6.07 Å². The second-order valence-electron chi connectivity index (χ2n) is 9.45. The molecule has 2 amide bonds. The van der Waals surface area contributed by atoms with Gasteiger partial charge in [-0.1, -0.05) is 47.7 Å². The zero-order valence-corrected chi connectivity index (χ0v) is 22.9. The first-order chi connectivity index (χ1) is 16.5. The Morgan fingerprint density at radius 1 is 1.31 bits per heavy atom. The lowest BCUT2D eigenvalue weighted by Crippen LogP contribution is -2.62. The number of nitrogens with one attached hydrogen (secondary N) is 1. The molecule has 3 aliphatic heterocycles. The van der Waals surface area contributed by atoms with E-state index < -0.39 is 22.6 Å². The average Bonchev–Trinajstić information content (AvgIpc) is 2.77. The molecule has 2 fully saturated rings. The van der Waals surface area contributed by atoms with Crippen molar-refractivity contribution in [2.45, 2.75) is 23.6 Å². The van der Waals surface area contributed by atoms with Crippen LogP contribution in [0, 0.1) is 0 Å². The van der Waals surface area contributed by atoms with Crippen LogP contribution in [0.5, 0.6) is 0 Å². The van der Waals surface area contributed by atoms with Crippen LogP contribution in [0.15, 0.2) is 35.5 Å². The van der Waals surface area contributed by atoms with E-state index in [1.165, 1.54) is 35.3 Å². The summed E-state index contributed by atoms with van der Waals surface area (Å²) in [4.78, 5) is 41.1. The summed E-state index contributed by atoms with van der Waals surface area (Å²) in [6, 6.07) is 7.03. The lowest BCUT2D eigenvalue weighted by molar-refractivity contribution is -0.893. The maximum absolute atomic E-state index is 13.2. The first-order valence-electron chi connectivity index (χ1n) is 11.2. The predicted molar refractivity (Wildman–Crippen MR) is 143 cm³/mol. The van der Waals surface area contributed by atoms with Gasteiger partial charge in [0.25, 0.3) is 0 Å². The molecule has 0 radical (unpaired) electrons. The van der Waals surface area contributed by atoms with E-state index >= 15 is 0 Å². The summed E-state index contributed by atoms with van der Waals surface area (Å²) in [6.07, 6.45) is 0. The average molecular weight is 556 g/mol. The van der Waals surface area contributed by atoms with E-state index in [0.29, 0.717) is 14.9 Å². The number of hydrogen-bond donors (Lipinski definition) is 2. The number of β-lactam (4-membered cyclic amide) rings is 1. The Labute approximate surface area is 223 Å². The number of nitrogens with zero attached hydrogens (tertiary/aromatic N) is 3. The van der Waals surface area contributed by atoms with E-state index in [0.717, 1.165) is 36.2 Å². The zero-order chi connectivity index (χ0) is 25.5. The zero-order valence-electron chi connectivity index (χ0n) is 19.7. The molecule has 0 spiro atoms. The van der Waals surface area contributed by atoms with Gasteiger partial charge in [0.2, 0.25) is 11.8 Å². The quantitative estimate of drug-likeness (QED) is 0.325. The van der Waals surface area contributed by atoms with Gasteiger partial charge in [0.1, 0.15) is 20.8 Å². The Balaban J connectivity index is 1.59. The summed E-state index contributed by atoms with van der Waals surface area (Å²) < 4.78 is 1.63. The molecule has 3 aliphatic rings. The predicted octanol–water partition coefficient (Wildman–Crippen LogP) is 2.55. The third-order valence-corrected chi connectivity index (χ3v) is 9.73. The maximum atomic E-state index is 13.2. The summed E-state index contributed by atoms with van der Waals surface area (Å²) in [5.41, 5.74) is 1.14. The minimum absolute atomic E-state index is 0.0671. The molecular weight excluding hydrogens is 528 g/mol. The van der Waals surface area contributed by atoms with Crippen molar-refractivity contribution in [2.75, 3.05) is 46.0 Å². The van der Waals surface area contributed by atoms with E-state index in [2.05, 4.69) is 24.3 Å². The van der Waals surface area contributed by atoms with Crippen LogP contribution in [0.4, 0.5) is 0 Å². The first kappa shape index (κ1) is 26.3. The van der Waals surface area contributed by atoms with Crippen LogP contribution in [0.1, 0.15) is 18.4 Å². The second kappa shape index (κ2) is 10.3. The number of carbonyl (C=O) groups excluding carboxylic acids is 2. The van der Waals surface area contributed by atoms with Crippen LogP contribution < -0.4 is 5.32 Å². The molecule has 1 aromatic carbocycles. The molecule has 0 aromatic heterocycles. The van der Waals surface area contributed by atoms with Gasteiger partial charge < -0.3 is 19.8 Å². The molecule has 188 valence electrons. The van der Waals surface area contributed by atoms with Crippen LogP contribution in [-0.2, 0) is 14.4 Å². The smallest absolute Gasteiger partial charge is 0.352 e. The number of amides is 2. The van der Waals surface area contributed by atoms with Gasteiger partial charge in [-0.05, 0) is 17.7 Å². The standard InChI is InChI=1S/C23H27ClN4O4S3/c1-13(29)25-19-16(12-34-23(33)26-7-9-28(2,3)10-8-26)18(22(31)32)27-20(30)17(21(27)35-19)14-5-4-6-15(24)11-14/h4-6,11,17,19,21H,7-10,12H2,1-3H3,(H-,25,29,31,32)/p+1/t17?,19?,21-/m1/s1. The van der Waals surface area contributed by atoms with Crippen LogP contribution in [0.25, 0.3) is 0 Å². The number of thioether (sulfide) groups is 2. The van der Waals surface area contributed by atoms with Gasteiger partial charge in [0.05, 0.1) is 46.2 Å². The van der Waals surface area contributed by atoms with Gasteiger partial charge in [-0.25, -0.2) is 4.79 Å². The number of thiocarbonyl (C=S) groups is 1. The SMILES string of the molecule is CC(=O)NC1S[C@@H]2C(c3cccc(Cl)c3)C(=O)N2C(C(=O)O)=C1CSC(=S)N1CC[N+](C)(C)CC1. The molecule has 3 atom stereocenters. The number of rotatable bonds is 5. The lowest BCUT2D eigenvalue weighted by Gasteiger charge is -2.51. The number of aliphatic carboxylic acids is 1. The van der Waals surface area contributed by atoms with Crippen molar-refractivity contribution in [1.29, 1.82) is 0 Å². The van der Waals surface area contributed by atoms with E-state index in [9.17, 15) is 19.5 Å². The largest absolute Gasteiger partial charge is 0.477 e. The molecule has 2 unspecified atom stereocenters. The van der Waals surface area contributed by atoms with Crippen molar-refractivity contribution in [2.24, 2.45) is 0 Å². The molecule has 0 saturated carbocycles. The molecule has 2 saturated heterocycles. The molecular formula is C23H28ClN4O4S3+. The minimum atomic E-state index is -1.19. The Morgan fingerprint density at radius 2 is 2.00 bits per heavy atom. The van der Waals surface area contributed by atoms with Crippen LogP contribution in [-0.4, -0.2) is 98.3 Å². The fourth-order valence-electron chi connectivity index (χ4n) is 4.46. The van der Waals surface area contributed by atoms with Gasteiger partial charge in [0, 0.05) is 23.3 Å². The van der Waals surface area contributed by atoms with E-state index in [1.54, 1.807) is 18.2 Å². The molecule has 4 rings (SSSR count). The van der Waals surface area contributed by atoms with Gasteiger partial charge >= 0.3 is 5.97 Å². The Kier molecular flexibility index (Phi) is 7.73. The third kappa shape index (κ3) is 5.48. The van der Waals surface area contributed by atoms with Crippen LogP contribution >= 0.6 is 47.3 Å². The molecule has 8 nitrogen and oxygen atoms in total. The highest BCUT2D eigenvalue weighted by atomic mass is 35.5. The molecule has 35 heavy (non-hydrogen) atoms. The van der Waals surface area contributed by atoms with Crippen molar-refractivity contribution >= 4 is 69.4 Å². The van der Waals surface area contributed by atoms with Gasteiger partial charge in [0.15, 0.2) is 0 Å². The molecule has 2 N–H and O–H groups in total. The molecule has 0 bridgehead atoms. The van der Waals surface area contributed by atoms with Gasteiger partial charge in [-0.2, -0.15) is 0 Å². The van der Waals surface area contributed by atoms with Crippen LogP contribution in [0.2, 0.25) is 5.02 Å². The fraction of sp³-hybridized carbons (Fsp3) is 0.478. The summed E-state index contributed by atoms with van der Waals surface area (Å²) in [5.74, 6) is -2.02. The van der Waals surface area contributed by atoms with Crippen molar-refractivity contribution in [3.05, 3.63) is 46.1 Å². The van der Waals surface area contributed by atoms with Gasteiger partial charge in [-0.15, -0.1) is 11.8 Å². The summed E-state index contributed by atoms with van der Waals surface area (Å²) in [5, 5.41) is 12.5. The number of carboxylic acids is 1. The topological polar surface area (TPSA) is 90.0 Å². The number of fused-ring (bicyclic) bond motifs is 1. The van der Waals surface area contributed by atoms with E-state index in [4.69, 9.17) is 23.8 Å². The number of hydrogen-bond acceptors (Lipinski definition) is 6. The van der Waals surface area contributed by atoms with Crippen molar-refractivity contribution in [3.63, 3.8) is 0 Å². The van der Waals surface area contributed by atoms with Crippen LogP contribution in [0.3, 0.4) is 0 Å². The summed E-state index contributed by atoms with van der Waals surface area (Å²) in [6.45, 7) is 5.02. The highest BCUT2D eigenvalue weighted by Gasteiger charge is 2.56. The number of carboxylic acid groups (broad SMARTS) is 1. The molecule has 0 aliphatic carbocycles. The lowest BCUT2D eigenvalue weighted by atomic mass is 9.88. The first-order valence-corrected chi connectivity index (χ1v) is 13.9. The Bertz CT molecular complexity index is 1100. The number of benzene rings is 1. The summed E-state index contributed by atoms with van der Waals surface area (Å²) >= 11 is 14.5. The highest BCUT2D eigenvalue weighted by molar-refractivity contribution is 8.23. The second-order valence-corrected chi connectivity index (χ2v) is 12.7. The Morgan fingerprint density at radius 3 is 2.60 bits per heavy atom. The molecule has 1 aromatic rings. The van der Waals surface area contributed by atoms with Crippen molar-refractivity contribution in [1.82, 2.24) is 15.1 Å². The highest BCUT2D eigenvalue weighted by Crippen LogP contribution is 2.51. The van der Waals surface area contributed by atoms with E-state index in [-0.39, 0.29) is 23.3 Å². The monoisotopic (exact) mass is 555 g/mol. The molecule has 12 heteroatoms. The fourth-order valence-corrected chi connectivity index (χ4v) is 7.70. The van der Waals surface area contributed by atoms with Crippen molar-refractivity contribution < 1.29 is 24.0 Å². The third-order valence-electron chi connectivity index (χ3n) is 6.48. The number of halogens is 1. The maximum Gasteiger partial charge on any atom is 0.352 e. The number of likely N-dealkylation sites (N-methyl/N-ethyl adjacent to an activating group) is 1. The number of piperazine rings is 1. The Hall–Kier alpha value is -1.79. The molecule has 3 heterocycles. The normalized spacial score (nSPS) is 25.6. The van der Waals surface area contributed by atoms with Crippen molar-refractivity contribution in [3.8, 4) is 0 Å². The summed E-state index contributed by atoms with van der Waals surface area (Å²) in [7, 11) is 4.37. The number of quaternary nitrogens is 1. The minimum Gasteiger partial charge on any atom is -0.477 e. The number of carbonyl (C=O) groups is 3.